The molecule has 7 heterocycles. The van der Waals surface area contributed by atoms with Gasteiger partial charge in [0.2, 0.25) is 0 Å². The van der Waals surface area contributed by atoms with Gasteiger partial charge in [-0.15, -0.1) is 0 Å². The Kier molecular flexibility index (Phi) is 17.4. The zero-order chi connectivity index (χ0) is 94.3. The predicted octanol–water partition coefficient (Wildman–Crippen LogP) is 34.3. The largest absolute Gasteiger partial charge is 0.456 e. The lowest BCUT2D eigenvalue weighted by Crippen LogP contribution is -2.25. The Bertz CT molecular complexity index is 9890. The van der Waals surface area contributed by atoms with Crippen molar-refractivity contribution in [2.75, 3.05) is 0 Å². The first-order chi connectivity index (χ1) is 69.7. The molecule has 0 atom stereocenters. The first kappa shape index (κ1) is 81.3. The molecule has 0 amide bonds. The smallest absolute Gasteiger partial charge is 0.180 e. The molecule has 0 saturated carbocycles. The van der Waals surface area contributed by atoms with Gasteiger partial charge < -0.3 is 17.7 Å². The van der Waals surface area contributed by atoms with Gasteiger partial charge >= 0.3 is 0 Å². The van der Waals surface area contributed by atoms with Crippen molar-refractivity contribution in [1.82, 2.24) is 29.9 Å². The summed E-state index contributed by atoms with van der Waals surface area (Å²) in [5.41, 5.74) is 45.5. The van der Waals surface area contributed by atoms with Crippen LogP contribution < -0.4 is 0 Å². The quantitative estimate of drug-likeness (QED) is 0.152. The van der Waals surface area contributed by atoms with Crippen LogP contribution in [0.25, 0.3) is 244 Å². The normalized spacial score (nSPS) is 14.1. The Morgan fingerprint density at radius 2 is 0.577 bits per heavy atom. The molecule has 26 aromatic rings. The maximum atomic E-state index is 6.85. The van der Waals surface area contributed by atoms with E-state index in [1.54, 1.807) is 0 Å². The highest BCUT2D eigenvalue weighted by Gasteiger charge is 2.53. The number of furan rings is 4. The van der Waals surface area contributed by atoms with E-state index in [0.717, 1.165) is 166 Å². The number of hydrogen-bond acceptors (Lipinski definition) is 10. The molecule has 142 heavy (non-hydrogen) atoms. The van der Waals surface area contributed by atoms with Crippen molar-refractivity contribution in [1.29, 1.82) is 0 Å². The number of rotatable bonds is 7. The fourth-order valence-corrected chi connectivity index (χ4v) is 24.8. The minimum atomic E-state index is -0.518. The third-order valence-electron chi connectivity index (χ3n) is 31.2. The Morgan fingerprint density at radius 1 is 0.190 bits per heavy atom. The van der Waals surface area contributed by atoms with E-state index < -0.39 is 5.41 Å². The number of fused-ring (bicyclic) bond motifs is 35. The summed E-state index contributed by atoms with van der Waals surface area (Å²) < 4.78 is 26.7. The van der Waals surface area contributed by atoms with Crippen LogP contribution in [-0.4, -0.2) is 29.9 Å². The van der Waals surface area contributed by atoms with Crippen molar-refractivity contribution >= 4 is 110 Å². The molecule has 668 valence electrons. The molecule has 1 spiro atoms. The monoisotopic (exact) mass is 1820 g/mol. The van der Waals surface area contributed by atoms with E-state index in [1.807, 2.05) is 66.7 Å². The average molecular weight is 1820 g/mol. The lowest BCUT2D eigenvalue weighted by atomic mass is 9.70. The van der Waals surface area contributed by atoms with Gasteiger partial charge in [-0.25, -0.2) is 29.9 Å². The van der Waals surface area contributed by atoms with Crippen molar-refractivity contribution in [2.45, 2.75) is 63.2 Å². The highest BCUT2D eigenvalue weighted by molar-refractivity contribution is 6.20. The lowest BCUT2D eigenvalue weighted by molar-refractivity contribution is 0.619. The van der Waals surface area contributed by atoms with Crippen LogP contribution in [0, 0.1) is 0 Å². The van der Waals surface area contributed by atoms with Gasteiger partial charge in [-0.2, -0.15) is 0 Å². The summed E-state index contributed by atoms with van der Waals surface area (Å²) in [4.78, 5) is 30.8. The summed E-state index contributed by atoms with van der Waals surface area (Å²) >= 11 is 0. The van der Waals surface area contributed by atoms with Gasteiger partial charge in [0.15, 0.2) is 23.1 Å². The van der Waals surface area contributed by atoms with E-state index in [-0.39, 0.29) is 16.2 Å². The number of benzene rings is 19. The summed E-state index contributed by atoms with van der Waals surface area (Å²) in [6.45, 7) is 13.8. The third-order valence-corrected chi connectivity index (χ3v) is 31.2. The maximum absolute atomic E-state index is 6.85. The van der Waals surface area contributed by atoms with Gasteiger partial charge in [-0.3, -0.25) is 0 Å². The molecule has 0 saturated heterocycles. The van der Waals surface area contributed by atoms with E-state index in [1.165, 1.54) is 111 Å². The first-order valence-corrected chi connectivity index (χ1v) is 48.8. The van der Waals surface area contributed by atoms with Crippen LogP contribution in [0.4, 0.5) is 0 Å². The second-order valence-electron chi connectivity index (χ2n) is 40.0. The van der Waals surface area contributed by atoms with Crippen LogP contribution in [0.15, 0.2) is 430 Å². The van der Waals surface area contributed by atoms with E-state index in [9.17, 15) is 0 Å². The molecule has 0 unspecified atom stereocenters. The summed E-state index contributed by atoms with van der Waals surface area (Å²) in [6, 6.07) is 146. The molecular weight excluding hydrogens is 1730 g/mol. The van der Waals surface area contributed by atoms with Crippen molar-refractivity contribution in [3.63, 3.8) is 0 Å². The molecule has 5 aliphatic carbocycles. The van der Waals surface area contributed by atoms with Crippen LogP contribution in [-0.2, 0) is 21.7 Å². The van der Waals surface area contributed by atoms with Crippen LogP contribution in [0.5, 0.6) is 0 Å². The minimum absolute atomic E-state index is 0.0862. The highest BCUT2D eigenvalue weighted by Crippen LogP contribution is 2.66. The fourth-order valence-electron chi connectivity index (χ4n) is 24.8. The zero-order valence-corrected chi connectivity index (χ0v) is 78.6. The van der Waals surface area contributed by atoms with Gasteiger partial charge in [0.1, 0.15) is 50.3 Å². The third kappa shape index (κ3) is 11.7. The van der Waals surface area contributed by atoms with E-state index in [4.69, 9.17) is 47.6 Å². The maximum Gasteiger partial charge on any atom is 0.180 e. The summed E-state index contributed by atoms with van der Waals surface area (Å²) in [5.74, 6) is 2.09. The Hall–Kier alpha value is -17.9. The molecule has 10 heteroatoms. The molecule has 0 bridgehead atoms. The topological polar surface area (TPSA) is 130 Å². The molecule has 7 aromatic heterocycles. The SMILES string of the molecule is CC1(C)c2ccccc2-c2ccc(-c3nc(-c4ccc5oc6c7c(ccc6c5c4)-c4ccccc4C7(C)C)nc4ccccc34)cc21.CC1(C)c2ccccc2-c2ccc3c(oc4ccc(-c5nc(-c6ccccc6)c6ccccc6n5)cc43)c21.c1ccc(-c2nc(-c3cccc(-c4c5c(cc6oc7ccccc7c46)C4(c6ccccc6-c6ccccc64)c4ccccc4-5)c3)c3oc4ccccc4c3n2)cc1. The number of para-hydroxylation sites is 4. The standard InChI is InChI=1S/C53H30N2O2.C44H32N2O.C35H24N2O/c1-2-15-31(16-3-1)52-54-49(51-50(55-52)38-23-8-13-28-44(38)57-51)33-18-14-17-32(29-33)46-47-36-21-6-11-26-41(36)53(39-24-9-4-19-34(39)35-20-5-10-25-40(35)53)42(47)30-45-48(46)37-22-7-12-27-43(37)56-45;1-43(2)34-14-8-5-11-27(34)29-19-17-25(24-36(29)43)40-32-13-7-10-16-37(32)45-42(46-40)26-18-22-38-33(23-26)31-21-20-30-28-12-6-9-15-35(28)44(3,4)39(30)41(31)47-38;1-35(2)28-14-8-6-12-23(28)24-17-18-25-27-20-22(16-19-30(27)38-33(25)31(24)35)34-36-29-15-9-7-13-26(29)32(37-34)21-10-4-3-5-11-21/h1-30H;5-24H,1-4H3;3-20H,1-2H3. The Morgan fingerprint density at radius 3 is 1.15 bits per heavy atom. The molecule has 10 nitrogen and oxygen atoms in total. The minimum Gasteiger partial charge on any atom is -0.456 e. The van der Waals surface area contributed by atoms with E-state index in [2.05, 4.69) is 387 Å². The second kappa shape index (κ2) is 30.3. The molecule has 31 rings (SSSR count). The van der Waals surface area contributed by atoms with Gasteiger partial charge in [-0.1, -0.05) is 357 Å². The average Bonchev–Trinajstić information content (AvgIpc) is 1.49. The molecule has 0 fully saturated rings. The molecule has 0 radical (unpaired) electrons. The predicted molar refractivity (Wildman–Crippen MR) is 577 cm³/mol. The van der Waals surface area contributed by atoms with Gasteiger partial charge in [0, 0.05) is 115 Å². The van der Waals surface area contributed by atoms with Crippen molar-refractivity contribution < 1.29 is 17.7 Å². The van der Waals surface area contributed by atoms with Gasteiger partial charge in [0.05, 0.1) is 27.8 Å². The molecule has 0 N–H and O–H groups in total. The van der Waals surface area contributed by atoms with E-state index >= 15 is 0 Å². The second-order valence-corrected chi connectivity index (χ2v) is 40.0. The van der Waals surface area contributed by atoms with Gasteiger partial charge in [0.25, 0.3) is 0 Å². The van der Waals surface area contributed by atoms with E-state index in [0.29, 0.717) is 23.1 Å². The van der Waals surface area contributed by atoms with Crippen LogP contribution in [0.2, 0.25) is 0 Å². The fraction of sp³-hybridized carbons (Fsp3) is 0.0758. The van der Waals surface area contributed by atoms with Crippen LogP contribution in [0.3, 0.4) is 0 Å². The zero-order valence-electron chi connectivity index (χ0n) is 78.6. The van der Waals surface area contributed by atoms with Gasteiger partial charge in [-0.05, 0) is 203 Å². The summed E-state index contributed by atoms with van der Waals surface area (Å²) in [5, 5.41) is 9.70. The molecular formula is C132H86N6O4. The molecule has 19 aromatic carbocycles. The molecule has 0 aliphatic heterocycles. The van der Waals surface area contributed by atoms with Crippen molar-refractivity contribution in [3.8, 4) is 135 Å². The number of nitrogens with zero attached hydrogens (tertiary/aromatic N) is 6. The highest BCUT2D eigenvalue weighted by atomic mass is 16.3. The van der Waals surface area contributed by atoms with Crippen molar-refractivity contribution in [3.05, 3.63) is 468 Å². The lowest BCUT2D eigenvalue weighted by Gasteiger charge is -2.30. The summed E-state index contributed by atoms with van der Waals surface area (Å²) in [6.07, 6.45) is 0. The number of aromatic nitrogens is 6. The number of hydrogen-bond donors (Lipinski definition) is 0. The van der Waals surface area contributed by atoms with Crippen molar-refractivity contribution in [2.24, 2.45) is 0 Å². The Labute approximate surface area is 817 Å². The van der Waals surface area contributed by atoms with Crippen LogP contribution in [0.1, 0.15) is 97.2 Å². The van der Waals surface area contributed by atoms with Crippen LogP contribution >= 0.6 is 0 Å². The Balaban J connectivity index is 0.000000104. The summed E-state index contributed by atoms with van der Waals surface area (Å²) in [7, 11) is 0. The first-order valence-electron chi connectivity index (χ1n) is 48.8. The molecule has 5 aliphatic rings.